The van der Waals surface area contributed by atoms with Crippen LogP contribution in [0.2, 0.25) is 0 Å². The number of carboxylic acid groups (broad SMARTS) is 2. The molecule has 0 fully saturated rings. The van der Waals surface area contributed by atoms with E-state index in [1.807, 2.05) is 12.1 Å². The second-order valence-electron chi connectivity index (χ2n) is 12.2. The van der Waals surface area contributed by atoms with E-state index in [0.717, 1.165) is 56.1 Å². The Balaban J connectivity index is 0.000000430. The summed E-state index contributed by atoms with van der Waals surface area (Å²) in [4.78, 5) is 23.0. The van der Waals surface area contributed by atoms with Gasteiger partial charge in [-0.3, -0.25) is 0 Å². The Hall–Kier alpha value is -2.70. The van der Waals surface area contributed by atoms with Gasteiger partial charge in [0.2, 0.25) is 0 Å². The van der Waals surface area contributed by atoms with Crippen molar-refractivity contribution in [1.29, 1.82) is 0 Å². The number of benzene rings is 2. The summed E-state index contributed by atoms with van der Waals surface area (Å²) in [6.07, 6.45) is 10.9. The van der Waals surface area contributed by atoms with Crippen LogP contribution in [0.3, 0.4) is 0 Å². The summed E-state index contributed by atoms with van der Waals surface area (Å²) in [7, 11) is 3.32. The summed E-state index contributed by atoms with van der Waals surface area (Å²) >= 11 is 0. The van der Waals surface area contributed by atoms with Gasteiger partial charge in [-0.25, -0.2) is 9.59 Å². The molecule has 0 radical (unpaired) electrons. The zero-order valence-electron chi connectivity index (χ0n) is 28.2. The van der Waals surface area contributed by atoms with Crippen LogP contribution in [0.4, 0.5) is 0 Å². The van der Waals surface area contributed by atoms with E-state index in [4.69, 9.17) is 9.47 Å². The molecule has 2 N–H and O–H groups in total. The smallest absolute Gasteiger partial charge is 0.335 e. The van der Waals surface area contributed by atoms with Gasteiger partial charge in [-0.05, 0) is 109 Å². The quantitative estimate of drug-likeness (QED) is 0.168. The van der Waals surface area contributed by atoms with Gasteiger partial charge in [0.15, 0.2) is 0 Å². The fraction of sp³-hybridized carbons (Fsp3) is 0.622. The van der Waals surface area contributed by atoms with E-state index in [2.05, 4.69) is 41.5 Å². The second kappa shape index (κ2) is 21.1. The van der Waals surface area contributed by atoms with Gasteiger partial charge in [-0.15, -0.1) is 0 Å². The van der Waals surface area contributed by atoms with Gasteiger partial charge in [0.25, 0.3) is 0 Å². The minimum atomic E-state index is -0.839. The fourth-order valence-corrected chi connectivity index (χ4v) is 5.69. The van der Waals surface area contributed by atoms with Crippen LogP contribution in [0.15, 0.2) is 24.3 Å². The Morgan fingerprint density at radius 1 is 0.628 bits per heavy atom. The van der Waals surface area contributed by atoms with Crippen molar-refractivity contribution in [3.05, 3.63) is 68.8 Å². The van der Waals surface area contributed by atoms with Crippen LogP contribution in [0, 0.1) is 11.8 Å². The lowest BCUT2D eigenvalue weighted by molar-refractivity contribution is 0.0684. The molecule has 2 aromatic rings. The maximum Gasteiger partial charge on any atom is 0.335 e. The number of methoxy groups -OCH3 is 2. The van der Waals surface area contributed by atoms with Crippen molar-refractivity contribution in [3.8, 4) is 0 Å². The largest absolute Gasteiger partial charge is 0.478 e. The topological polar surface area (TPSA) is 93.1 Å². The van der Waals surface area contributed by atoms with E-state index >= 15 is 0 Å². The van der Waals surface area contributed by atoms with E-state index < -0.39 is 11.9 Å². The van der Waals surface area contributed by atoms with Gasteiger partial charge < -0.3 is 19.7 Å². The number of carbonyl (C=O) groups is 2. The van der Waals surface area contributed by atoms with Gasteiger partial charge in [-0.1, -0.05) is 72.9 Å². The summed E-state index contributed by atoms with van der Waals surface area (Å²) in [6, 6.07) is 7.50. The molecule has 0 aliphatic carbocycles. The van der Waals surface area contributed by atoms with Crippen molar-refractivity contribution in [2.75, 3.05) is 27.4 Å². The average molecular weight is 599 g/mol. The molecule has 0 unspecified atom stereocenters. The van der Waals surface area contributed by atoms with Crippen molar-refractivity contribution in [3.63, 3.8) is 0 Å². The average Bonchev–Trinajstić information content (AvgIpc) is 2.95. The van der Waals surface area contributed by atoms with Crippen molar-refractivity contribution < 1.29 is 29.3 Å². The number of rotatable bonds is 19. The van der Waals surface area contributed by atoms with Gasteiger partial charge in [0.05, 0.1) is 24.3 Å². The third-order valence-electron chi connectivity index (χ3n) is 7.95. The predicted octanol–water partition coefficient (Wildman–Crippen LogP) is 8.62. The summed E-state index contributed by atoms with van der Waals surface area (Å²) in [5, 5.41) is 18.9. The summed E-state index contributed by atoms with van der Waals surface area (Å²) in [5.41, 5.74) is 7.88. The van der Waals surface area contributed by atoms with Gasteiger partial charge >= 0.3 is 11.9 Å². The van der Waals surface area contributed by atoms with E-state index in [0.29, 0.717) is 49.0 Å². The van der Waals surface area contributed by atoms with Crippen LogP contribution >= 0.6 is 0 Å². The molecule has 0 heterocycles. The van der Waals surface area contributed by atoms with Gasteiger partial charge in [0, 0.05) is 14.2 Å². The highest BCUT2D eigenvalue weighted by molar-refractivity contribution is 5.90. The first-order valence-electron chi connectivity index (χ1n) is 16.2. The van der Waals surface area contributed by atoms with Crippen molar-refractivity contribution in [2.24, 2.45) is 11.8 Å². The number of ether oxygens (including phenoxy) is 2. The Kier molecular flexibility index (Phi) is 18.8. The van der Waals surface area contributed by atoms with Crippen LogP contribution in [0.5, 0.6) is 0 Å². The molecule has 0 aliphatic rings. The predicted molar refractivity (Wildman–Crippen MR) is 177 cm³/mol. The number of hydrogen-bond acceptors (Lipinski definition) is 4. The summed E-state index contributed by atoms with van der Waals surface area (Å²) < 4.78 is 10.3. The molecule has 6 nitrogen and oxygen atoms in total. The molecule has 0 spiro atoms. The molecule has 0 amide bonds. The number of carboxylic acids is 2. The molecule has 0 saturated heterocycles. The lowest BCUT2D eigenvalue weighted by atomic mass is 9.88. The van der Waals surface area contributed by atoms with Crippen LogP contribution in [0.1, 0.15) is 128 Å². The van der Waals surface area contributed by atoms with Crippen LogP contribution in [0.25, 0.3) is 0 Å². The molecule has 43 heavy (non-hydrogen) atoms. The summed E-state index contributed by atoms with van der Waals surface area (Å²) in [5.74, 6) is -0.312. The maximum absolute atomic E-state index is 11.5. The minimum absolute atomic E-state index is 0.434. The molecule has 2 rings (SSSR count). The fourth-order valence-electron chi connectivity index (χ4n) is 5.69. The zero-order chi connectivity index (χ0) is 32.4. The van der Waals surface area contributed by atoms with Crippen molar-refractivity contribution in [2.45, 2.75) is 112 Å². The monoisotopic (exact) mass is 598 g/mol. The zero-order valence-corrected chi connectivity index (χ0v) is 28.2. The Morgan fingerprint density at radius 2 is 1.05 bits per heavy atom. The van der Waals surface area contributed by atoms with Gasteiger partial charge in [-0.2, -0.15) is 0 Å². The highest BCUT2D eigenvalue weighted by atomic mass is 16.5. The van der Waals surface area contributed by atoms with E-state index in [-0.39, 0.29) is 0 Å². The maximum atomic E-state index is 11.5. The molecule has 2 aromatic carbocycles. The molecule has 0 aliphatic heterocycles. The Bertz CT molecular complexity index is 1120. The summed E-state index contributed by atoms with van der Waals surface area (Å²) in [6.45, 7) is 14.3. The van der Waals surface area contributed by atoms with Crippen LogP contribution in [-0.4, -0.2) is 49.6 Å². The van der Waals surface area contributed by atoms with Crippen LogP contribution in [-0.2, 0) is 48.0 Å². The van der Waals surface area contributed by atoms with E-state index in [1.165, 1.54) is 35.1 Å². The minimum Gasteiger partial charge on any atom is -0.478 e. The number of aryl methyl sites for hydroxylation is 2. The molecular weight excluding hydrogens is 540 g/mol. The second-order valence-corrected chi connectivity index (χ2v) is 12.2. The molecule has 0 bridgehead atoms. The third-order valence-corrected chi connectivity index (χ3v) is 7.95. The SMILES string of the molecule is CCCc1ccc(C(=O)O)c(CCOC)c1CCCC(C)C.CCc1ccc(C(=O)O)c(CCOC)c1CCCC(C)C. The lowest BCUT2D eigenvalue weighted by Gasteiger charge is -2.18. The van der Waals surface area contributed by atoms with Crippen molar-refractivity contribution >= 4 is 11.9 Å². The highest BCUT2D eigenvalue weighted by Crippen LogP contribution is 2.26. The standard InChI is InChI=1S/C19H30O3.C18H28O3/c1-5-7-15-10-11-18(19(20)21)17(12-13-22-4)16(15)9-6-8-14(2)3;1-5-14-9-10-17(18(19)20)16(11-12-21-4)15(14)8-6-7-13(2)3/h10-11,14H,5-9,12-13H2,1-4H3,(H,20,21);9-10,13H,5-8,11-12H2,1-4H3,(H,19,20). The third kappa shape index (κ3) is 13.2. The van der Waals surface area contributed by atoms with Gasteiger partial charge in [0.1, 0.15) is 0 Å². The molecule has 6 heteroatoms. The molecular formula is C37H58O6. The lowest BCUT2D eigenvalue weighted by Crippen LogP contribution is -2.11. The van der Waals surface area contributed by atoms with E-state index in [1.54, 1.807) is 26.4 Å². The van der Waals surface area contributed by atoms with E-state index in [9.17, 15) is 19.8 Å². The molecule has 0 aromatic heterocycles. The Morgan fingerprint density at radius 3 is 1.40 bits per heavy atom. The first-order chi connectivity index (χ1) is 20.5. The molecule has 0 saturated carbocycles. The van der Waals surface area contributed by atoms with Crippen molar-refractivity contribution in [1.82, 2.24) is 0 Å². The molecule has 242 valence electrons. The van der Waals surface area contributed by atoms with Crippen LogP contribution < -0.4 is 0 Å². The Labute approximate surface area is 261 Å². The first-order valence-corrected chi connectivity index (χ1v) is 16.2. The highest BCUT2D eigenvalue weighted by Gasteiger charge is 2.18. The normalized spacial score (nSPS) is 11.1. The number of aromatic carboxylic acids is 2. The first kappa shape index (κ1) is 38.3. The molecule has 0 atom stereocenters. The number of hydrogen-bond donors (Lipinski definition) is 2.